The van der Waals surface area contributed by atoms with Crippen molar-refractivity contribution in [3.8, 4) is 0 Å². The quantitative estimate of drug-likeness (QED) is 0.690. The first-order valence-electron chi connectivity index (χ1n) is 9.40. The van der Waals surface area contributed by atoms with E-state index in [4.69, 9.17) is 0 Å². The lowest BCUT2D eigenvalue weighted by molar-refractivity contribution is 0.0913. The molecule has 1 amide bonds. The molecule has 0 saturated carbocycles. The Hall–Kier alpha value is -2.85. The highest BCUT2D eigenvalue weighted by atomic mass is 32.2. The summed E-state index contributed by atoms with van der Waals surface area (Å²) >= 11 is 0. The van der Waals surface area contributed by atoms with Gasteiger partial charge >= 0.3 is 0 Å². The van der Waals surface area contributed by atoms with E-state index >= 15 is 0 Å². The number of aromatic nitrogens is 4. The SMILES string of the molecule is Cc1ccc(S(=O)(=O)N2CCC(NC(=O)c3nc4nccc(C)n4n3)CC2)cc1. The Morgan fingerprint density at radius 3 is 2.45 bits per heavy atom. The number of rotatable bonds is 4. The Labute approximate surface area is 168 Å². The van der Waals surface area contributed by atoms with Crippen LogP contribution in [0.2, 0.25) is 0 Å². The lowest BCUT2D eigenvalue weighted by Crippen LogP contribution is -2.46. The van der Waals surface area contributed by atoms with Crippen LogP contribution >= 0.6 is 0 Å². The summed E-state index contributed by atoms with van der Waals surface area (Å²) in [5, 5.41) is 7.11. The zero-order valence-electron chi connectivity index (χ0n) is 16.2. The third-order valence-corrected chi connectivity index (χ3v) is 6.99. The van der Waals surface area contributed by atoms with Crippen LogP contribution in [0.5, 0.6) is 0 Å². The van der Waals surface area contributed by atoms with Crippen LogP contribution in [0.1, 0.15) is 34.7 Å². The van der Waals surface area contributed by atoms with E-state index in [0.29, 0.717) is 36.6 Å². The van der Waals surface area contributed by atoms with Crippen LogP contribution in [-0.2, 0) is 10.0 Å². The van der Waals surface area contributed by atoms with Crippen molar-refractivity contribution < 1.29 is 13.2 Å². The highest BCUT2D eigenvalue weighted by molar-refractivity contribution is 7.89. The number of carbonyl (C=O) groups is 1. The standard InChI is InChI=1S/C19H22N6O3S/c1-13-3-5-16(6-4-13)29(27,28)24-11-8-15(9-12-24)21-18(26)17-22-19-20-10-7-14(2)25(19)23-17/h3-7,10,15H,8-9,11-12H2,1-2H3,(H,21,26). The van der Waals surface area contributed by atoms with Crippen LogP contribution in [0.25, 0.3) is 5.78 Å². The molecule has 10 heteroatoms. The maximum Gasteiger partial charge on any atom is 0.291 e. The third kappa shape index (κ3) is 3.85. The number of nitrogens with one attached hydrogen (secondary N) is 1. The van der Waals surface area contributed by atoms with Crippen molar-refractivity contribution in [1.29, 1.82) is 0 Å². The fourth-order valence-corrected chi connectivity index (χ4v) is 4.82. The van der Waals surface area contributed by atoms with Gasteiger partial charge in [0.1, 0.15) is 0 Å². The van der Waals surface area contributed by atoms with E-state index in [1.807, 2.05) is 13.8 Å². The topological polar surface area (TPSA) is 110 Å². The lowest BCUT2D eigenvalue weighted by Gasteiger charge is -2.31. The van der Waals surface area contributed by atoms with Gasteiger partial charge in [-0.2, -0.15) is 9.29 Å². The molecule has 1 fully saturated rings. The van der Waals surface area contributed by atoms with Gasteiger partial charge in [-0.3, -0.25) is 4.79 Å². The van der Waals surface area contributed by atoms with Gasteiger partial charge in [-0.15, -0.1) is 5.10 Å². The number of carbonyl (C=O) groups excluding carboxylic acids is 1. The second-order valence-electron chi connectivity index (χ2n) is 7.20. The van der Waals surface area contributed by atoms with Gasteiger partial charge in [0.15, 0.2) is 0 Å². The summed E-state index contributed by atoms with van der Waals surface area (Å²) in [4.78, 5) is 21.1. The average molecular weight is 414 g/mol. The fourth-order valence-electron chi connectivity index (χ4n) is 3.35. The average Bonchev–Trinajstić information content (AvgIpc) is 3.15. The fraction of sp³-hybridized carbons (Fsp3) is 0.368. The number of aryl methyl sites for hydroxylation is 2. The number of hydrogen-bond acceptors (Lipinski definition) is 6. The van der Waals surface area contributed by atoms with Crippen molar-refractivity contribution in [2.45, 2.75) is 37.6 Å². The minimum atomic E-state index is -3.52. The molecule has 2 aromatic heterocycles. The molecule has 1 aliphatic rings. The number of piperidine rings is 1. The molecule has 0 radical (unpaired) electrons. The Bertz CT molecular complexity index is 1150. The molecule has 3 aromatic rings. The molecule has 9 nitrogen and oxygen atoms in total. The number of amides is 1. The van der Waals surface area contributed by atoms with Crippen LogP contribution in [0, 0.1) is 13.8 Å². The number of nitrogens with zero attached hydrogens (tertiary/aromatic N) is 5. The summed E-state index contributed by atoms with van der Waals surface area (Å²) < 4.78 is 28.6. The molecule has 1 aromatic carbocycles. The van der Waals surface area contributed by atoms with Gasteiger partial charge in [-0.25, -0.2) is 17.9 Å². The maximum atomic E-state index is 12.8. The summed E-state index contributed by atoms with van der Waals surface area (Å²) in [5.74, 6) is 0.0467. The van der Waals surface area contributed by atoms with Gasteiger partial charge in [-0.05, 0) is 44.9 Å². The molecule has 0 unspecified atom stereocenters. The molecule has 0 atom stereocenters. The molecule has 4 rings (SSSR count). The van der Waals surface area contributed by atoms with Crippen LogP contribution < -0.4 is 5.32 Å². The van der Waals surface area contributed by atoms with E-state index in [-0.39, 0.29) is 17.8 Å². The smallest absolute Gasteiger partial charge is 0.291 e. The van der Waals surface area contributed by atoms with E-state index in [1.54, 1.807) is 36.5 Å². The van der Waals surface area contributed by atoms with Crippen LogP contribution in [0.15, 0.2) is 41.4 Å². The van der Waals surface area contributed by atoms with Gasteiger partial charge in [0.25, 0.3) is 11.7 Å². The molecular formula is C19H22N6O3S. The van der Waals surface area contributed by atoms with Crippen molar-refractivity contribution in [1.82, 2.24) is 29.2 Å². The van der Waals surface area contributed by atoms with Crippen LogP contribution in [-0.4, -0.2) is 57.3 Å². The van der Waals surface area contributed by atoms with Gasteiger partial charge in [0.05, 0.1) is 4.90 Å². The minimum absolute atomic E-state index is 0.0570. The maximum absolute atomic E-state index is 12.8. The predicted molar refractivity (Wildman–Crippen MR) is 106 cm³/mol. The van der Waals surface area contributed by atoms with Gasteiger partial charge in [0, 0.05) is 31.0 Å². The Morgan fingerprint density at radius 1 is 1.10 bits per heavy atom. The lowest BCUT2D eigenvalue weighted by atomic mass is 10.1. The van der Waals surface area contributed by atoms with Crippen LogP contribution in [0.4, 0.5) is 0 Å². The first kappa shape index (κ1) is 19.5. The van der Waals surface area contributed by atoms with Crippen LogP contribution in [0.3, 0.4) is 0 Å². The molecule has 0 aliphatic carbocycles. The predicted octanol–water partition coefficient (Wildman–Crippen LogP) is 1.32. The first-order valence-corrected chi connectivity index (χ1v) is 10.8. The van der Waals surface area contributed by atoms with Crippen molar-refractivity contribution >= 4 is 21.7 Å². The molecule has 1 aliphatic heterocycles. The molecule has 1 saturated heterocycles. The van der Waals surface area contributed by atoms with Crippen molar-refractivity contribution in [3.05, 3.63) is 53.6 Å². The van der Waals surface area contributed by atoms with E-state index in [2.05, 4.69) is 20.4 Å². The Morgan fingerprint density at radius 2 is 1.79 bits per heavy atom. The number of hydrogen-bond donors (Lipinski definition) is 1. The highest BCUT2D eigenvalue weighted by Gasteiger charge is 2.30. The summed E-state index contributed by atoms with van der Waals surface area (Å²) in [6.45, 7) is 4.47. The van der Waals surface area contributed by atoms with Crippen molar-refractivity contribution in [3.63, 3.8) is 0 Å². The molecule has 152 valence electrons. The summed E-state index contributed by atoms with van der Waals surface area (Å²) in [7, 11) is -3.52. The van der Waals surface area contributed by atoms with Crippen molar-refractivity contribution in [2.24, 2.45) is 0 Å². The minimum Gasteiger partial charge on any atom is -0.346 e. The summed E-state index contributed by atoms with van der Waals surface area (Å²) in [6, 6.07) is 8.49. The second kappa shape index (κ2) is 7.53. The monoisotopic (exact) mass is 414 g/mol. The molecule has 0 bridgehead atoms. The van der Waals surface area contributed by atoms with E-state index in [1.165, 1.54) is 8.82 Å². The zero-order valence-corrected chi connectivity index (χ0v) is 17.1. The molecule has 3 heterocycles. The first-order chi connectivity index (χ1) is 13.8. The normalized spacial score (nSPS) is 16.2. The number of sulfonamides is 1. The number of fused-ring (bicyclic) bond motifs is 1. The molecule has 0 spiro atoms. The molecular weight excluding hydrogens is 392 g/mol. The van der Waals surface area contributed by atoms with E-state index < -0.39 is 10.0 Å². The third-order valence-electron chi connectivity index (χ3n) is 5.08. The molecule has 1 N–H and O–H groups in total. The summed E-state index contributed by atoms with van der Waals surface area (Å²) in [5.41, 5.74) is 1.84. The summed E-state index contributed by atoms with van der Waals surface area (Å²) in [6.07, 6.45) is 2.67. The van der Waals surface area contributed by atoms with Gasteiger partial charge in [-0.1, -0.05) is 17.7 Å². The number of benzene rings is 1. The zero-order chi connectivity index (χ0) is 20.6. The van der Waals surface area contributed by atoms with Gasteiger partial charge in [0.2, 0.25) is 15.8 Å². The van der Waals surface area contributed by atoms with E-state index in [9.17, 15) is 13.2 Å². The highest BCUT2D eigenvalue weighted by Crippen LogP contribution is 2.21. The van der Waals surface area contributed by atoms with Crippen molar-refractivity contribution in [2.75, 3.05) is 13.1 Å². The van der Waals surface area contributed by atoms with Gasteiger partial charge < -0.3 is 5.32 Å². The molecule has 29 heavy (non-hydrogen) atoms. The second-order valence-corrected chi connectivity index (χ2v) is 9.14. The Kier molecular flexibility index (Phi) is 5.05. The van der Waals surface area contributed by atoms with E-state index in [0.717, 1.165) is 11.3 Å². The Balaban J connectivity index is 1.39. The largest absolute Gasteiger partial charge is 0.346 e.